The molecule has 3 rings (SSSR count). The molecule has 2 heterocycles. The van der Waals surface area contributed by atoms with Gasteiger partial charge in [0.2, 0.25) is 5.89 Å². The van der Waals surface area contributed by atoms with Crippen LogP contribution in [0, 0.1) is 12.3 Å². The summed E-state index contributed by atoms with van der Waals surface area (Å²) >= 11 is 0. The second-order valence-electron chi connectivity index (χ2n) is 8.76. The minimum absolute atomic E-state index is 0.0167. The zero-order valence-electron chi connectivity index (χ0n) is 18.1. The topological polar surface area (TPSA) is 85.8 Å². The van der Waals surface area contributed by atoms with Gasteiger partial charge >= 0.3 is 0 Å². The third-order valence-corrected chi connectivity index (χ3v) is 5.07. The van der Waals surface area contributed by atoms with E-state index < -0.39 is 0 Å². The highest BCUT2D eigenvalue weighted by Gasteiger charge is 2.23. The van der Waals surface area contributed by atoms with Gasteiger partial charge in [-0.15, -0.1) is 10.2 Å². The number of carbonyl (C=O) groups excluding carboxylic acids is 1. The van der Waals surface area contributed by atoms with Gasteiger partial charge in [0.05, 0.1) is 5.69 Å². The number of nitrogens with one attached hydrogen (secondary N) is 1. The minimum Gasteiger partial charge on any atom is -0.420 e. The maximum Gasteiger partial charge on any atom is 0.268 e. The molecule has 0 aliphatic rings. The number of amides is 1. The quantitative estimate of drug-likeness (QED) is 0.686. The second kappa shape index (κ2) is 7.81. The van der Waals surface area contributed by atoms with Crippen LogP contribution in [0.5, 0.6) is 0 Å². The van der Waals surface area contributed by atoms with Crippen LogP contribution in [0.25, 0.3) is 17.3 Å². The largest absolute Gasteiger partial charge is 0.420 e. The van der Waals surface area contributed by atoms with Gasteiger partial charge in [0.25, 0.3) is 11.8 Å². The molecule has 29 heavy (non-hydrogen) atoms. The van der Waals surface area contributed by atoms with E-state index in [1.54, 1.807) is 6.92 Å². The van der Waals surface area contributed by atoms with Gasteiger partial charge in [-0.05, 0) is 42.5 Å². The summed E-state index contributed by atoms with van der Waals surface area (Å²) in [5, 5.41) is 15.7. The molecule has 0 radical (unpaired) electrons. The summed E-state index contributed by atoms with van der Waals surface area (Å²) in [6.45, 7) is 14.3. The maximum atomic E-state index is 12.8. The molecule has 1 N–H and O–H groups in total. The lowest BCUT2D eigenvalue weighted by Crippen LogP contribution is -2.41. The van der Waals surface area contributed by atoms with E-state index in [1.165, 1.54) is 0 Å². The number of rotatable bonds is 5. The van der Waals surface area contributed by atoms with Crippen molar-refractivity contribution in [1.82, 2.24) is 25.3 Å². The van der Waals surface area contributed by atoms with Crippen molar-refractivity contribution in [3.05, 3.63) is 47.5 Å². The molecule has 1 aromatic carbocycles. The fraction of sp³-hybridized carbons (Fsp3) is 0.455. The predicted octanol–water partition coefficient (Wildman–Crippen LogP) is 4.52. The van der Waals surface area contributed by atoms with Crippen molar-refractivity contribution >= 4 is 5.91 Å². The summed E-state index contributed by atoms with van der Waals surface area (Å²) in [5.41, 5.74) is 3.00. The first-order valence-electron chi connectivity index (χ1n) is 9.88. The second-order valence-corrected chi connectivity index (χ2v) is 8.76. The zero-order valence-corrected chi connectivity index (χ0v) is 18.1. The minimum atomic E-state index is -0.0970. The van der Waals surface area contributed by atoms with Crippen LogP contribution in [-0.4, -0.2) is 31.9 Å². The van der Waals surface area contributed by atoms with Crippen molar-refractivity contribution in [1.29, 1.82) is 0 Å². The molecule has 7 heteroatoms. The van der Waals surface area contributed by atoms with E-state index >= 15 is 0 Å². The fourth-order valence-corrected chi connectivity index (χ4v) is 2.79. The molecule has 0 saturated carbocycles. The van der Waals surface area contributed by atoms with Crippen molar-refractivity contribution in [2.45, 2.75) is 60.4 Å². The first kappa shape index (κ1) is 20.8. The van der Waals surface area contributed by atoms with Gasteiger partial charge in [-0.1, -0.05) is 40.7 Å². The zero-order chi connectivity index (χ0) is 21.3. The highest BCUT2D eigenvalue weighted by Crippen LogP contribution is 2.26. The lowest BCUT2D eigenvalue weighted by atomic mass is 9.88. The highest BCUT2D eigenvalue weighted by atomic mass is 16.4. The Balaban J connectivity index is 1.96. The van der Waals surface area contributed by atoms with Gasteiger partial charge < -0.3 is 9.73 Å². The molecular formula is C22H29N5O2. The Morgan fingerprint density at radius 1 is 1.14 bits per heavy atom. The van der Waals surface area contributed by atoms with Crippen LogP contribution in [-0.2, 0) is 0 Å². The third-order valence-electron chi connectivity index (χ3n) is 5.07. The fourth-order valence-electron chi connectivity index (χ4n) is 2.79. The van der Waals surface area contributed by atoms with Gasteiger partial charge in [-0.2, -0.15) is 5.10 Å². The molecule has 7 nitrogen and oxygen atoms in total. The van der Waals surface area contributed by atoms with E-state index in [4.69, 9.17) is 4.42 Å². The monoisotopic (exact) mass is 395 g/mol. The van der Waals surface area contributed by atoms with Crippen molar-refractivity contribution in [2.75, 3.05) is 0 Å². The summed E-state index contributed by atoms with van der Waals surface area (Å²) in [4.78, 5) is 12.8. The summed E-state index contributed by atoms with van der Waals surface area (Å²) in [7, 11) is 0. The Morgan fingerprint density at radius 2 is 1.86 bits per heavy atom. The molecule has 0 saturated heterocycles. The van der Waals surface area contributed by atoms with Crippen molar-refractivity contribution < 1.29 is 9.21 Å². The number of nitrogens with zero attached hydrogens (tertiary/aromatic N) is 4. The Labute approximate surface area is 171 Å². The average Bonchev–Trinajstić information content (AvgIpc) is 3.27. The van der Waals surface area contributed by atoms with Crippen LogP contribution >= 0.6 is 0 Å². The molecule has 1 amide bonds. The van der Waals surface area contributed by atoms with Crippen molar-refractivity contribution in [3.63, 3.8) is 0 Å². The van der Waals surface area contributed by atoms with Crippen molar-refractivity contribution in [3.8, 4) is 17.3 Å². The van der Waals surface area contributed by atoms with Crippen LogP contribution in [0.3, 0.4) is 0 Å². The van der Waals surface area contributed by atoms with Crippen LogP contribution < -0.4 is 5.32 Å². The number of benzene rings is 1. The molecule has 1 unspecified atom stereocenters. The van der Waals surface area contributed by atoms with Crippen LogP contribution in [0.2, 0.25) is 0 Å². The Bertz CT molecular complexity index is 1010. The Morgan fingerprint density at radius 3 is 2.45 bits per heavy atom. The van der Waals surface area contributed by atoms with Gasteiger partial charge in [-0.3, -0.25) is 4.79 Å². The number of hydrogen-bond acceptors (Lipinski definition) is 5. The van der Waals surface area contributed by atoms with E-state index in [1.807, 2.05) is 41.9 Å². The molecule has 0 aliphatic carbocycles. The number of carbonyl (C=O) groups is 1. The number of hydrogen-bond donors (Lipinski definition) is 1. The SMILES string of the molecule is Cc1nnc(-c2cc(C(C)C)n(-c3cccc(C(=O)NC(C)C(C)(C)C)c3)n2)o1. The molecule has 0 bridgehead atoms. The van der Waals surface area contributed by atoms with Gasteiger partial charge in [0.15, 0.2) is 0 Å². The molecule has 0 fully saturated rings. The molecule has 154 valence electrons. The van der Waals surface area contributed by atoms with E-state index in [0.717, 1.165) is 11.4 Å². The standard InChI is InChI=1S/C22H29N5O2/c1-13(2)19-12-18(21-25-24-15(4)29-21)26-27(19)17-10-8-9-16(11-17)20(28)23-14(3)22(5,6)7/h8-14H,1-7H3,(H,23,28). The summed E-state index contributed by atoms with van der Waals surface area (Å²) in [5.74, 6) is 1.00. The third kappa shape index (κ3) is 4.55. The van der Waals surface area contributed by atoms with Gasteiger partial charge in [0.1, 0.15) is 5.69 Å². The maximum absolute atomic E-state index is 12.8. The van der Waals surface area contributed by atoms with E-state index in [0.29, 0.717) is 23.0 Å². The van der Waals surface area contributed by atoms with Crippen LogP contribution in [0.1, 0.15) is 69.4 Å². The summed E-state index contributed by atoms with van der Waals surface area (Å²) in [6.07, 6.45) is 0. The van der Waals surface area contributed by atoms with E-state index in [-0.39, 0.29) is 23.3 Å². The average molecular weight is 396 g/mol. The molecule has 2 aromatic heterocycles. The number of aromatic nitrogens is 4. The van der Waals surface area contributed by atoms with Gasteiger partial charge in [-0.25, -0.2) is 4.68 Å². The normalized spacial score (nSPS) is 13.0. The molecule has 0 aliphatic heterocycles. The van der Waals surface area contributed by atoms with Crippen LogP contribution in [0.4, 0.5) is 0 Å². The highest BCUT2D eigenvalue weighted by molar-refractivity contribution is 5.95. The summed E-state index contributed by atoms with van der Waals surface area (Å²) < 4.78 is 7.37. The van der Waals surface area contributed by atoms with Gasteiger partial charge in [0, 0.05) is 24.2 Å². The molecular weight excluding hydrogens is 366 g/mol. The predicted molar refractivity (Wildman–Crippen MR) is 112 cm³/mol. The molecule has 3 aromatic rings. The lowest BCUT2D eigenvalue weighted by Gasteiger charge is -2.28. The van der Waals surface area contributed by atoms with Crippen molar-refractivity contribution in [2.24, 2.45) is 5.41 Å². The molecule has 1 atom stereocenters. The number of aryl methyl sites for hydroxylation is 1. The van der Waals surface area contributed by atoms with Crippen LogP contribution in [0.15, 0.2) is 34.7 Å². The lowest BCUT2D eigenvalue weighted by molar-refractivity contribution is 0.0910. The van der Waals surface area contributed by atoms with E-state index in [9.17, 15) is 4.79 Å². The molecule has 0 spiro atoms. The smallest absolute Gasteiger partial charge is 0.268 e. The Kier molecular flexibility index (Phi) is 5.59. The first-order chi connectivity index (χ1) is 13.6. The summed E-state index contributed by atoms with van der Waals surface area (Å²) in [6, 6.07) is 9.47. The Hall–Kier alpha value is -2.96. The first-order valence-corrected chi connectivity index (χ1v) is 9.88. The van der Waals surface area contributed by atoms with E-state index in [2.05, 4.69) is 55.2 Å².